The molecule has 2 N–H and O–H groups in total. The van der Waals surface area contributed by atoms with Gasteiger partial charge in [-0.05, 0) is 30.5 Å². The van der Waals surface area contributed by atoms with Crippen molar-refractivity contribution >= 4 is 5.91 Å². The zero-order chi connectivity index (χ0) is 15.2. The van der Waals surface area contributed by atoms with Crippen molar-refractivity contribution in [3.63, 3.8) is 0 Å². The molecule has 21 heavy (non-hydrogen) atoms. The Morgan fingerprint density at radius 1 is 1.48 bits per heavy atom. The van der Waals surface area contributed by atoms with Crippen LogP contribution in [-0.4, -0.2) is 31.0 Å². The van der Waals surface area contributed by atoms with Crippen LogP contribution in [0.4, 0.5) is 0 Å². The first-order valence-electron chi connectivity index (χ1n) is 7.30. The van der Waals surface area contributed by atoms with E-state index in [-0.39, 0.29) is 11.8 Å². The quantitative estimate of drug-likeness (QED) is 0.862. The molecule has 1 aromatic carbocycles. The minimum absolute atomic E-state index is 0.133. The molecule has 1 aliphatic rings. The van der Waals surface area contributed by atoms with Crippen molar-refractivity contribution in [1.29, 1.82) is 0 Å². The van der Waals surface area contributed by atoms with Crippen LogP contribution in [0, 0.1) is 17.8 Å². The lowest BCUT2D eigenvalue weighted by Crippen LogP contribution is -2.39. The van der Waals surface area contributed by atoms with Crippen LogP contribution in [0.3, 0.4) is 0 Å². The predicted molar refractivity (Wildman–Crippen MR) is 82.7 cm³/mol. The second-order valence-corrected chi connectivity index (χ2v) is 5.34. The molecule has 1 amide bonds. The van der Waals surface area contributed by atoms with Crippen molar-refractivity contribution in [2.75, 3.05) is 20.2 Å². The van der Waals surface area contributed by atoms with Crippen LogP contribution in [0.25, 0.3) is 0 Å². The number of piperidine rings is 1. The molecule has 1 heterocycles. The number of likely N-dealkylation sites (tertiary alicyclic amines) is 1. The van der Waals surface area contributed by atoms with E-state index >= 15 is 0 Å². The highest BCUT2D eigenvalue weighted by atomic mass is 16.5. The fourth-order valence-corrected chi connectivity index (χ4v) is 2.61. The fraction of sp³-hybridized carbons (Fsp3) is 0.471. The summed E-state index contributed by atoms with van der Waals surface area (Å²) in [6, 6.07) is 5.86. The van der Waals surface area contributed by atoms with Gasteiger partial charge in [-0.25, -0.2) is 0 Å². The molecule has 2 rings (SSSR count). The van der Waals surface area contributed by atoms with Crippen molar-refractivity contribution < 1.29 is 9.53 Å². The molecule has 1 aromatic rings. The van der Waals surface area contributed by atoms with Gasteiger partial charge in [-0.2, -0.15) is 0 Å². The molecule has 4 heteroatoms. The summed E-state index contributed by atoms with van der Waals surface area (Å²) in [6.07, 6.45) is 2.06. The highest BCUT2D eigenvalue weighted by Crippen LogP contribution is 2.23. The minimum Gasteiger partial charge on any atom is -0.495 e. The number of hydrogen-bond acceptors (Lipinski definition) is 3. The molecule has 0 bridgehead atoms. The summed E-state index contributed by atoms with van der Waals surface area (Å²) in [5.74, 6) is 6.97. The van der Waals surface area contributed by atoms with Crippen LogP contribution in [-0.2, 0) is 11.3 Å². The number of nitrogens with zero attached hydrogens (tertiary/aromatic N) is 1. The Labute approximate surface area is 126 Å². The average Bonchev–Trinajstić information content (AvgIpc) is 2.50. The van der Waals surface area contributed by atoms with Gasteiger partial charge in [0.2, 0.25) is 5.91 Å². The van der Waals surface area contributed by atoms with Crippen molar-refractivity contribution in [3.05, 3.63) is 29.3 Å². The van der Waals surface area contributed by atoms with E-state index in [0.717, 1.165) is 36.3 Å². The maximum Gasteiger partial charge on any atom is 0.225 e. The molecule has 0 spiro atoms. The van der Waals surface area contributed by atoms with Gasteiger partial charge in [0.25, 0.3) is 0 Å². The van der Waals surface area contributed by atoms with E-state index in [2.05, 4.69) is 11.8 Å². The molecule has 1 atom stereocenters. The molecule has 4 nitrogen and oxygen atoms in total. The predicted octanol–water partition coefficient (Wildman–Crippen LogP) is 1.76. The Hall–Kier alpha value is -1.99. The number of rotatable bonds is 3. The normalized spacial score (nSPS) is 18.1. The second kappa shape index (κ2) is 7.14. The van der Waals surface area contributed by atoms with Crippen LogP contribution in [0.1, 0.15) is 30.9 Å². The summed E-state index contributed by atoms with van der Waals surface area (Å²) < 4.78 is 5.30. The number of hydrogen-bond donors (Lipinski definition) is 1. The van der Waals surface area contributed by atoms with Crippen molar-refractivity contribution in [1.82, 2.24) is 4.90 Å². The van der Waals surface area contributed by atoms with E-state index in [1.807, 2.05) is 30.0 Å². The number of amides is 1. The van der Waals surface area contributed by atoms with E-state index < -0.39 is 0 Å². The zero-order valence-corrected chi connectivity index (χ0v) is 12.7. The monoisotopic (exact) mass is 286 g/mol. The van der Waals surface area contributed by atoms with E-state index in [0.29, 0.717) is 13.1 Å². The summed E-state index contributed by atoms with van der Waals surface area (Å²) in [4.78, 5) is 14.1. The Kier molecular flexibility index (Phi) is 5.24. The van der Waals surface area contributed by atoms with Crippen LogP contribution in [0.15, 0.2) is 18.2 Å². The SMILES string of the molecule is COc1ccc(CN2CCCC(C)C2=O)cc1C#CCN. The molecule has 0 aliphatic carbocycles. The summed E-state index contributed by atoms with van der Waals surface area (Å²) in [5, 5.41) is 0. The van der Waals surface area contributed by atoms with Gasteiger partial charge in [-0.15, -0.1) is 0 Å². The van der Waals surface area contributed by atoms with Crippen LogP contribution in [0.2, 0.25) is 0 Å². The van der Waals surface area contributed by atoms with Gasteiger partial charge < -0.3 is 15.4 Å². The number of nitrogens with two attached hydrogens (primary N) is 1. The highest BCUT2D eigenvalue weighted by molar-refractivity contribution is 5.79. The lowest BCUT2D eigenvalue weighted by Gasteiger charge is -2.30. The maximum atomic E-state index is 12.2. The minimum atomic E-state index is 0.133. The molecular weight excluding hydrogens is 264 g/mol. The first kappa shape index (κ1) is 15.4. The number of ether oxygens (including phenoxy) is 1. The third-order valence-corrected chi connectivity index (χ3v) is 3.76. The van der Waals surface area contributed by atoms with E-state index in [1.165, 1.54) is 0 Å². The van der Waals surface area contributed by atoms with Crippen LogP contribution in [0.5, 0.6) is 5.75 Å². The van der Waals surface area contributed by atoms with Gasteiger partial charge in [0.15, 0.2) is 0 Å². The molecule has 0 radical (unpaired) electrons. The third-order valence-electron chi connectivity index (χ3n) is 3.76. The molecule has 112 valence electrons. The first-order chi connectivity index (χ1) is 10.2. The van der Waals surface area contributed by atoms with Gasteiger partial charge in [0.1, 0.15) is 5.75 Å². The second-order valence-electron chi connectivity index (χ2n) is 5.34. The summed E-state index contributed by atoms with van der Waals surface area (Å²) in [7, 11) is 1.62. The smallest absolute Gasteiger partial charge is 0.225 e. The molecule has 0 aromatic heterocycles. The highest BCUT2D eigenvalue weighted by Gasteiger charge is 2.24. The van der Waals surface area contributed by atoms with E-state index in [1.54, 1.807) is 7.11 Å². The zero-order valence-electron chi connectivity index (χ0n) is 12.7. The third kappa shape index (κ3) is 3.77. The van der Waals surface area contributed by atoms with Gasteiger partial charge in [-0.1, -0.05) is 24.8 Å². The van der Waals surface area contributed by atoms with E-state index in [4.69, 9.17) is 10.5 Å². The van der Waals surface area contributed by atoms with Gasteiger partial charge in [-0.3, -0.25) is 4.79 Å². The average molecular weight is 286 g/mol. The Balaban J connectivity index is 2.18. The molecule has 0 saturated carbocycles. The lowest BCUT2D eigenvalue weighted by molar-refractivity contribution is -0.138. The van der Waals surface area contributed by atoms with Crippen molar-refractivity contribution in [3.8, 4) is 17.6 Å². The molecule has 1 aliphatic heterocycles. The topological polar surface area (TPSA) is 55.6 Å². The van der Waals surface area contributed by atoms with Crippen LogP contribution >= 0.6 is 0 Å². The Morgan fingerprint density at radius 3 is 3.00 bits per heavy atom. The number of methoxy groups -OCH3 is 1. The standard InChI is InChI=1S/C17H22N2O2/c1-13-5-4-10-19(17(13)20)12-14-7-8-16(21-2)15(11-14)6-3-9-18/h7-8,11,13H,4-5,9-10,12,18H2,1-2H3. The Bertz CT molecular complexity index is 572. The van der Waals surface area contributed by atoms with Crippen LogP contribution < -0.4 is 10.5 Å². The number of carbonyl (C=O) groups is 1. The summed E-state index contributed by atoms with van der Waals surface area (Å²) in [5.41, 5.74) is 7.31. The molecule has 1 unspecified atom stereocenters. The molecule has 1 fully saturated rings. The summed E-state index contributed by atoms with van der Waals surface area (Å²) in [6.45, 7) is 3.78. The Morgan fingerprint density at radius 2 is 2.29 bits per heavy atom. The molecular formula is C17H22N2O2. The van der Waals surface area contributed by atoms with E-state index in [9.17, 15) is 4.79 Å². The van der Waals surface area contributed by atoms with Gasteiger partial charge >= 0.3 is 0 Å². The van der Waals surface area contributed by atoms with Gasteiger partial charge in [0, 0.05) is 19.0 Å². The number of carbonyl (C=O) groups excluding carboxylic acids is 1. The van der Waals surface area contributed by atoms with Gasteiger partial charge in [0.05, 0.1) is 19.2 Å². The fourth-order valence-electron chi connectivity index (χ4n) is 2.61. The maximum absolute atomic E-state index is 12.2. The summed E-state index contributed by atoms with van der Waals surface area (Å²) >= 11 is 0. The van der Waals surface area contributed by atoms with Crippen molar-refractivity contribution in [2.24, 2.45) is 11.7 Å². The lowest BCUT2D eigenvalue weighted by atomic mass is 9.98. The van der Waals surface area contributed by atoms with Crippen molar-refractivity contribution in [2.45, 2.75) is 26.3 Å². The molecule has 1 saturated heterocycles. The largest absolute Gasteiger partial charge is 0.495 e. The number of benzene rings is 1. The first-order valence-corrected chi connectivity index (χ1v) is 7.30.